The summed E-state index contributed by atoms with van der Waals surface area (Å²) in [5.41, 5.74) is 17.3. The standard InChI is InChI=1S/C68H42/c1-3-7-43(8-4-1)45-11-19-49(20-12-45)57-35-27-53-33-41-63-59(37-29-55-31-39-61(57)65(53)67(55)63)51-23-15-47(16-24-51)48-17-25-52(26-18-48)60-38-30-56-32-40-62-58(36-28-54-34-42-64(60)68(56)66(54)62)50-21-13-46(14-22-50)44-9-5-2-6-10-44/h1-42H. The van der Waals surface area contributed by atoms with Crippen molar-refractivity contribution in [1.82, 2.24) is 0 Å². The van der Waals surface area contributed by atoms with Crippen molar-refractivity contribution in [2.45, 2.75) is 0 Å². The highest BCUT2D eigenvalue weighted by atomic mass is 14.2. The third-order valence-corrected chi connectivity index (χ3v) is 14.7. The zero-order chi connectivity index (χ0) is 44.7. The largest absolute Gasteiger partial charge is 0.0622 e. The summed E-state index contributed by atoms with van der Waals surface area (Å²) >= 11 is 0. The Morgan fingerprint density at radius 1 is 0.132 bits per heavy atom. The smallest absolute Gasteiger partial charge is 0.00203 e. The van der Waals surface area contributed by atoms with Crippen molar-refractivity contribution < 1.29 is 0 Å². The van der Waals surface area contributed by atoms with Gasteiger partial charge in [-0.3, -0.25) is 0 Å². The molecule has 0 heteroatoms. The zero-order valence-electron chi connectivity index (χ0n) is 37.2. The van der Waals surface area contributed by atoms with Gasteiger partial charge >= 0.3 is 0 Å². The van der Waals surface area contributed by atoms with E-state index >= 15 is 0 Å². The second-order valence-electron chi connectivity index (χ2n) is 18.3. The lowest BCUT2D eigenvalue weighted by atomic mass is 9.86. The van der Waals surface area contributed by atoms with E-state index in [1.54, 1.807) is 0 Å². The molecular formula is C68H42. The average Bonchev–Trinajstić information content (AvgIpc) is 3.42. The van der Waals surface area contributed by atoms with Crippen LogP contribution in [-0.4, -0.2) is 0 Å². The first-order valence-corrected chi connectivity index (χ1v) is 23.6. The van der Waals surface area contributed by atoms with Crippen LogP contribution in [0.15, 0.2) is 255 Å². The molecule has 0 bridgehead atoms. The van der Waals surface area contributed by atoms with Crippen LogP contribution in [-0.2, 0) is 0 Å². The summed E-state index contributed by atoms with van der Waals surface area (Å²) in [5.74, 6) is 0. The van der Waals surface area contributed by atoms with Gasteiger partial charge in [-0.05, 0) is 143 Å². The minimum atomic E-state index is 1.21. The summed E-state index contributed by atoms with van der Waals surface area (Å²) < 4.78 is 0. The molecular weight excluding hydrogens is 817 g/mol. The van der Waals surface area contributed by atoms with Crippen LogP contribution in [0.5, 0.6) is 0 Å². The Hall–Kier alpha value is -8.84. The van der Waals surface area contributed by atoms with Gasteiger partial charge in [0.1, 0.15) is 0 Å². The van der Waals surface area contributed by atoms with E-state index in [9.17, 15) is 0 Å². The first kappa shape index (κ1) is 38.4. The minimum Gasteiger partial charge on any atom is -0.0622 e. The van der Waals surface area contributed by atoms with Crippen LogP contribution in [0, 0.1) is 0 Å². The molecule has 0 aliphatic heterocycles. The SMILES string of the molecule is c1ccc(-c2ccc(-c3ccc4ccc5c(-c6ccc(-c7ccc(-c8ccc9ccc%10c(-c%11ccc(-c%12ccccc%12)cc%11)ccc%11ccc8c9c%11%10)cc7)cc6)ccc6ccc3c4c65)cc2)cc1. The van der Waals surface area contributed by atoms with Gasteiger partial charge in [0, 0.05) is 0 Å². The van der Waals surface area contributed by atoms with Crippen molar-refractivity contribution in [2.24, 2.45) is 0 Å². The van der Waals surface area contributed by atoms with Crippen LogP contribution in [0.2, 0.25) is 0 Å². The summed E-state index contributed by atoms with van der Waals surface area (Å²) in [6.07, 6.45) is 0. The Balaban J connectivity index is 0.778. The fraction of sp³-hybridized carbons (Fsp3) is 0. The maximum Gasteiger partial charge on any atom is -0.00203 e. The molecule has 0 amide bonds. The van der Waals surface area contributed by atoms with E-state index in [4.69, 9.17) is 0 Å². The minimum absolute atomic E-state index is 1.21. The molecule has 0 unspecified atom stereocenters. The molecule has 14 rings (SSSR count). The number of benzene rings is 14. The molecule has 0 saturated heterocycles. The molecule has 0 aliphatic carbocycles. The van der Waals surface area contributed by atoms with Crippen LogP contribution in [0.25, 0.3) is 143 Å². The summed E-state index contributed by atoms with van der Waals surface area (Å²) in [7, 11) is 0. The first-order chi connectivity index (χ1) is 33.7. The van der Waals surface area contributed by atoms with Gasteiger partial charge in [0.15, 0.2) is 0 Å². The maximum atomic E-state index is 2.32. The van der Waals surface area contributed by atoms with Gasteiger partial charge in [0.05, 0.1) is 0 Å². The zero-order valence-corrected chi connectivity index (χ0v) is 37.2. The van der Waals surface area contributed by atoms with E-state index in [-0.39, 0.29) is 0 Å². The number of rotatable bonds is 7. The molecule has 0 saturated carbocycles. The predicted molar refractivity (Wildman–Crippen MR) is 292 cm³/mol. The van der Waals surface area contributed by atoms with Crippen molar-refractivity contribution in [3.63, 3.8) is 0 Å². The molecule has 0 aromatic heterocycles. The molecule has 68 heavy (non-hydrogen) atoms. The second kappa shape index (κ2) is 15.4. The third-order valence-electron chi connectivity index (χ3n) is 14.7. The second-order valence-corrected chi connectivity index (χ2v) is 18.3. The summed E-state index contributed by atoms with van der Waals surface area (Å²) in [6, 6.07) is 94.4. The van der Waals surface area contributed by atoms with E-state index in [1.165, 1.54) is 143 Å². The van der Waals surface area contributed by atoms with Crippen molar-refractivity contribution in [2.75, 3.05) is 0 Å². The fourth-order valence-corrected chi connectivity index (χ4v) is 11.2. The van der Waals surface area contributed by atoms with Crippen LogP contribution < -0.4 is 0 Å². The third kappa shape index (κ3) is 6.15. The molecule has 314 valence electrons. The van der Waals surface area contributed by atoms with Crippen LogP contribution in [0.4, 0.5) is 0 Å². The van der Waals surface area contributed by atoms with Gasteiger partial charge in [-0.1, -0.05) is 255 Å². The maximum absolute atomic E-state index is 2.32. The normalized spacial score (nSPS) is 11.8. The molecule has 0 fully saturated rings. The molecule has 0 aliphatic rings. The van der Waals surface area contributed by atoms with Crippen LogP contribution in [0.1, 0.15) is 0 Å². The van der Waals surface area contributed by atoms with E-state index < -0.39 is 0 Å². The van der Waals surface area contributed by atoms with Gasteiger partial charge in [-0.25, -0.2) is 0 Å². The summed E-state index contributed by atoms with van der Waals surface area (Å²) in [5, 5.41) is 15.6. The lowest BCUT2D eigenvalue weighted by Crippen LogP contribution is -1.90. The molecule has 14 aromatic rings. The van der Waals surface area contributed by atoms with E-state index in [2.05, 4.69) is 255 Å². The molecule has 14 aromatic carbocycles. The average molecular weight is 859 g/mol. The Morgan fingerprint density at radius 3 is 0.559 bits per heavy atom. The monoisotopic (exact) mass is 858 g/mol. The fourth-order valence-electron chi connectivity index (χ4n) is 11.2. The lowest BCUT2D eigenvalue weighted by molar-refractivity contribution is 1.60. The van der Waals surface area contributed by atoms with Crippen LogP contribution >= 0.6 is 0 Å². The first-order valence-electron chi connectivity index (χ1n) is 23.6. The summed E-state index contributed by atoms with van der Waals surface area (Å²) in [4.78, 5) is 0. The molecule has 0 spiro atoms. The molecule has 0 heterocycles. The quantitative estimate of drug-likeness (QED) is 0.140. The highest BCUT2D eigenvalue weighted by Gasteiger charge is 2.18. The molecule has 0 nitrogen and oxygen atoms in total. The Bertz CT molecular complexity index is 3890. The topological polar surface area (TPSA) is 0 Å². The predicted octanol–water partition coefficient (Wildman–Crippen LogP) is 19.2. The van der Waals surface area contributed by atoms with Crippen molar-refractivity contribution >= 4 is 64.6 Å². The van der Waals surface area contributed by atoms with Crippen LogP contribution in [0.3, 0.4) is 0 Å². The Kier molecular flexibility index (Phi) is 8.69. The van der Waals surface area contributed by atoms with E-state index in [0.29, 0.717) is 0 Å². The van der Waals surface area contributed by atoms with Gasteiger partial charge in [0.2, 0.25) is 0 Å². The Morgan fingerprint density at radius 2 is 0.324 bits per heavy atom. The van der Waals surface area contributed by atoms with Gasteiger partial charge in [-0.2, -0.15) is 0 Å². The number of hydrogen-bond donors (Lipinski definition) is 0. The highest BCUT2D eigenvalue weighted by Crippen LogP contribution is 2.45. The van der Waals surface area contributed by atoms with Gasteiger partial charge < -0.3 is 0 Å². The van der Waals surface area contributed by atoms with Gasteiger partial charge in [-0.15, -0.1) is 0 Å². The lowest BCUT2D eigenvalue weighted by Gasteiger charge is -2.17. The molecule has 0 N–H and O–H groups in total. The highest BCUT2D eigenvalue weighted by molar-refractivity contribution is 6.29. The summed E-state index contributed by atoms with van der Waals surface area (Å²) in [6.45, 7) is 0. The van der Waals surface area contributed by atoms with Crippen molar-refractivity contribution in [3.8, 4) is 77.9 Å². The molecule has 0 radical (unpaired) electrons. The van der Waals surface area contributed by atoms with E-state index in [0.717, 1.165) is 0 Å². The van der Waals surface area contributed by atoms with Crippen molar-refractivity contribution in [3.05, 3.63) is 255 Å². The Labute approximate surface area is 395 Å². The number of hydrogen-bond acceptors (Lipinski definition) is 0. The van der Waals surface area contributed by atoms with E-state index in [1.807, 2.05) is 0 Å². The van der Waals surface area contributed by atoms with Crippen molar-refractivity contribution in [1.29, 1.82) is 0 Å². The molecule has 0 atom stereocenters. The van der Waals surface area contributed by atoms with Gasteiger partial charge in [0.25, 0.3) is 0 Å².